The van der Waals surface area contributed by atoms with Gasteiger partial charge in [-0.2, -0.15) is 0 Å². The summed E-state index contributed by atoms with van der Waals surface area (Å²) in [6.45, 7) is 4.43. The molecule has 1 aromatic carbocycles. The third kappa shape index (κ3) is 4.63. The molecule has 4 atom stereocenters. The Bertz CT molecular complexity index is 641. The summed E-state index contributed by atoms with van der Waals surface area (Å²) in [6.07, 6.45) is 14.8. The minimum absolute atomic E-state index is 0.0103. The lowest BCUT2D eigenvalue weighted by molar-refractivity contribution is -0.140. The van der Waals surface area contributed by atoms with E-state index in [9.17, 15) is 4.79 Å². The van der Waals surface area contributed by atoms with Crippen LogP contribution in [0.4, 0.5) is 0 Å². The lowest BCUT2D eigenvalue weighted by atomic mass is 9.61. The molecule has 2 heteroatoms. The first-order valence-electron chi connectivity index (χ1n) is 11.9. The summed E-state index contributed by atoms with van der Waals surface area (Å²) in [4.78, 5) is 12.6. The predicted octanol–water partition coefficient (Wildman–Crippen LogP) is 6.95. The molecule has 4 rings (SSSR count). The Morgan fingerprint density at radius 2 is 1.39 bits per heavy atom. The van der Waals surface area contributed by atoms with Crippen molar-refractivity contribution in [1.82, 2.24) is 0 Å². The van der Waals surface area contributed by atoms with Crippen LogP contribution in [-0.2, 0) is 4.79 Å². The van der Waals surface area contributed by atoms with Crippen LogP contribution in [0.15, 0.2) is 24.3 Å². The molecule has 154 valence electrons. The normalized spacial score (nSPS) is 35.8. The third-order valence-electron chi connectivity index (χ3n) is 8.35. The van der Waals surface area contributed by atoms with Crippen LogP contribution in [-0.4, -0.2) is 5.97 Å². The van der Waals surface area contributed by atoms with E-state index < -0.39 is 0 Å². The molecule has 3 aliphatic carbocycles. The SMILES string of the molecule is CCC1CCC2CC(C3CCC(C(=O)Oc4ccc(C)cc4)CC3)CCC2C1. The maximum atomic E-state index is 12.6. The monoisotopic (exact) mass is 382 g/mol. The Balaban J connectivity index is 1.24. The number of aryl methyl sites for hydroxylation is 1. The van der Waals surface area contributed by atoms with E-state index in [2.05, 4.69) is 13.8 Å². The van der Waals surface area contributed by atoms with E-state index in [1.807, 2.05) is 24.3 Å². The summed E-state index contributed by atoms with van der Waals surface area (Å²) in [5, 5.41) is 0. The number of rotatable bonds is 4. The molecule has 3 fully saturated rings. The molecule has 3 saturated carbocycles. The molecule has 0 spiro atoms. The Morgan fingerprint density at radius 3 is 2.07 bits per heavy atom. The molecule has 2 nitrogen and oxygen atoms in total. The van der Waals surface area contributed by atoms with E-state index in [4.69, 9.17) is 4.74 Å². The van der Waals surface area contributed by atoms with Crippen LogP contribution in [0.3, 0.4) is 0 Å². The summed E-state index contributed by atoms with van der Waals surface area (Å²) in [6, 6.07) is 7.82. The van der Waals surface area contributed by atoms with Crippen molar-refractivity contribution in [3.63, 3.8) is 0 Å². The van der Waals surface area contributed by atoms with Crippen molar-refractivity contribution < 1.29 is 9.53 Å². The second-order valence-corrected chi connectivity index (χ2v) is 10.0. The number of hydrogen-bond donors (Lipinski definition) is 0. The van der Waals surface area contributed by atoms with Gasteiger partial charge in [-0.1, -0.05) is 37.5 Å². The molecule has 0 N–H and O–H groups in total. The van der Waals surface area contributed by atoms with Gasteiger partial charge in [-0.3, -0.25) is 4.79 Å². The molecule has 0 aromatic heterocycles. The lowest BCUT2D eigenvalue weighted by Gasteiger charge is -2.45. The highest BCUT2D eigenvalue weighted by molar-refractivity contribution is 5.75. The fourth-order valence-electron chi connectivity index (χ4n) is 6.45. The van der Waals surface area contributed by atoms with Crippen LogP contribution in [0.1, 0.15) is 83.1 Å². The molecule has 0 saturated heterocycles. The van der Waals surface area contributed by atoms with Crippen LogP contribution < -0.4 is 4.74 Å². The Morgan fingerprint density at radius 1 is 0.821 bits per heavy atom. The third-order valence-corrected chi connectivity index (χ3v) is 8.35. The molecule has 0 amide bonds. The Labute approximate surface area is 171 Å². The minimum Gasteiger partial charge on any atom is -0.426 e. The highest BCUT2D eigenvalue weighted by atomic mass is 16.5. The van der Waals surface area contributed by atoms with E-state index in [1.165, 1.54) is 63.4 Å². The number of esters is 1. The van der Waals surface area contributed by atoms with Gasteiger partial charge in [0.1, 0.15) is 5.75 Å². The van der Waals surface area contributed by atoms with Gasteiger partial charge in [0.25, 0.3) is 0 Å². The standard InChI is InChI=1S/C26H38O2/c1-3-19-6-7-24-17-23(13-12-22(24)16-19)20-8-10-21(11-9-20)26(27)28-25-14-4-18(2)5-15-25/h4-5,14-15,19-24H,3,6-13,16-17H2,1-2H3. The van der Waals surface area contributed by atoms with E-state index in [1.54, 1.807) is 0 Å². The number of carbonyl (C=O) groups excluding carboxylic acids is 1. The highest BCUT2D eigenvalue weighted by Crippen LogP contribution is 2.49. The zero-order valence-corrected chi connectivity index (χ0v) is 17.9. The van der Waals surface area contributed by atoms with E-state index in [0.29, 0.717) is 5.75 Å². The zero-order chi connectivity index (χ0) is 19.5. The molecule has 1 aromatic rings. The van der Waals surface area contributed by atoms with Gasteiger partial charge in [0.15, 0.2) is 0 Å². The Kier molecular flexibility index (Phi) is 6.43. The molecule has 0 aliphatic heterocycles. The van der Waals surface area contributed by atoms with Gasteiger partial charge < -0.3 is 4.74 Å². The van der Waals surface area contributed by atoms with Crippen LogP contribution >= 0.6 is 0 Å². The Hall–Kier alpha value is -1.31. The summed E-state index contributed by atoms with van der Waals surface area (Å²) in [7, 11) is 0. The second kappa shape index (κ2) is 9.01. The second-order valence-electron chi connectivity index (χ2n) is 10.0. The van der Waals surface area contributed by atoms with E-state index >= 15 is 0 Å². The first kappa shape index (κ1) is 20.0. The molecule has 3 aliphatic rings. The topological polar surface area (TPSA) is 26.3 Å². The average Bonchev–Trinajstić information content (AvgIpc) is 2.74. The van der Waals surface area contributed by atoms with Crippen LogP contribution in [0, 0.1) is 42.4 Å². The first-order valence-corrected chi connectivity index (χ1v) is 11.9. The van der Waals surface area contributed by atoms with Crippen LogP contribution in [0.5, 0.6) is 5.75 Å². The van der Waals surface area contributed by atoms with Crippen molar-refractivity contribution >= 4 is 5.97 Å². The fourth-order valence-corrected chi connectivity index (χ4v) is 6.45. The number of benzene rings is 1. The number of ether oxygens (including phenoxy) is 1. The largest absolute Gasteiger partial charge is 0.426 e. The van der Waals surface area contributed by atoms with Crippen LogP contribution in [0.2, 0.25) is 0 Å². The summed E-state index contributed by atoms with van der Waals surface area (Å²) >= 11 is 0. The molecule has 0 heterocycles. The fraction of sp³-hybridized carbons (Fsp3) is 0.731. The van der Waals surface area contributed by atoms with Crippen molar-refractivity contribution in [3.05, 3.63) is 29.8 Å². The minimum atomic E-state index is -0.0103. The van der Waals surface area contributed by atoms with Gasteiger partial charge in [0, 0.05) is 0 Å². The number of hydrogen-bond acceptors (Lipinski definition) is 2. The highest BCUT2D eigenvalue weighted by Gasteiger charge is 2.39. The quantitative estimate of drug-likeness (QED) is 0.416. The van der Waals surface area contributed by atoms with Gasteiger partial charge in [-0.25, -0.2) is 0 Å². The van der Waals surface area contributed by atoms with Crippen LogP contribution in [0.25, 0.3) is 0 Å². The van der Waals surface area contributed by atoms with E-state index in [0.717, 1.165) is 42.4 Å². The van der Waals surface area contributed by atoms with Gasteiger partial charge in [0.05, 0.1) is 5.92 Å². The molecule has 28 heavy (non-hydrogen) atoms. The molecular formula is C26H38O2. The van der Waals surface area contributed by atoms with Crippen molar-refractivity contribution in [1.29, 1.82) is 0 Å². The summed E-state index contributed by atoms with van der Waals surface area (Å²) in [5.41, 5.74) is 1.19. The molecule has 4 unspecified atom stereocenters. The first-order chi connectivity index (χ1) is 13.6. The maximum absolute atomic E-state index is 12.6. The summed E-state index contributed by atoms with van der Waals surface area (Å²) < 4.78 is 5.64. The van der Waals surface area contributed by atoms with Gasteiger partial charge in [0.2, 0.25) is 0 Å². The zero-order valence-electron chi connectivity index (χ0n) is 17.9. The predicted molar refractivity (Wildman–Crippen MR) is 114 cm³/mol. The van der Waals surface area contributed by atoms with Crippen molar-refractivity contribution in [3.8, 4) is 5.75 Å². The molecule has 0 radical (unpaired) electrons. The van der Waals surface area contributed by atoms with Gasteiger partial charge in [-0.15, -0.1) is 0 Å². The van der Waals surface area contributed by atoms with Crippen molar-refractivity contribution in [2.24, 2.45) is 35.5 Å². The number of carbonyl (C=O) groups is 1. The van der Waals surface area contributed by atoms with Crippen molar-refractivity contribution in [2.75, 3.05) is 0 Å². The smallest absolute Gasteiger partial charge is 0.314 e. The van der Waals surface area contributed by atoms with Gasteiger partial charge in [-0.05, 0) is 106 Å². The average molecular weight is 383 g/mol. The number of fused-ring (bicyclic) bond motifs is 1. The molecular weight excluding hydrogens is 344 g/mol. The van der Waals surface area contributed by atoms with Gasteiger partial charge >= 0.3 is 5.97 Å². The molecule has 0 bridgehead atoms. The van der Waals surface area contributed by atoms with E-state index in [-0.39, 0.29) is 11.9 Å². The maximum Gasteiger partial charge on any atom is 0.314 e. The lowest BCUT2D eigenvalue weighted by Crippen LogP contribution is -2.35. The summed E-state index contributed by atoms with van der Waals surface area (Å²) in [5.74, 6) is 5.60. The van der Waals surface area contributed by atoms with Crippen molar-refractivity contribution in [2.45, 2.75) is 84.5 Å².